The summed E-state index contributed by atoms with van der Waals surface area (Å²) in [6.45, 7) is 2.40. The fourth-order valence-corrected chi connectivity index (χ4v) is 3.04. The molecule has 3 rings (SSSR count). The van der Waals surface area contributed by atoms with Gasteiger partial charge in [-0.1, -0.05) is 43.5 Å². The minimum atomic E-state index is -0.501. The van der Waals surface area contributed by atoms with Crippen LogP contribution in [0, 0.1) is 0 Å². The first kappa shape index (κ1) is 18.1. The van der Waals surface area contributed by atoms with Crippen molar-refractivity contribution in [3.63, 3.8) is 0 Å². The maximum Gasteiger partial charge on any atom is 0.338 e. The Morgan fingerprint density at radius 1 is 1.04 bits per heavy atom. The lowest BCUT2D eigenvalue weighted by Crippen LogP contribution is -2.29. The number of ether oxygens (including phenoxy) is 1. The van der Waals surface area contributed by atoms with E-state index in [0.29, 0.717) is 17.3 Å². The smallest absolute Gasteiger partial charge is 0.338 e. The third-order valence-corrected chi connectivity index (χ3v) is 4.52. The van der Waals surface area contributed by atoms with Crippen molar-refractivity contribution in [1.82, 2.24) is 0 Å². The maximum atomic E-state index is 12.7. The molecule has 0 N–H and O–H groups in total. The molecule has 0 aromatic heterocycles. The number of carbonyl (C=O) groups excluding carboxylic acids is 3. The monoisotopic (exact) mass is 371 g/mol. The summed E-state index contributed by atoms with van der Waals surface area (Å²) in [6, 6.07) is 11.0. The molecule has 6 heteroatoms. The molecular formula is C20H18ClNO4. The molecular weight excluding hydrogens is 354 g/mol. The van der Waals surface area contributed by atoms with E-state index in [1.54, 1.807) is 24.3 Å². The van der Waals surface area contributed by atoms with Crippen LogP contribution in [0.1, 0.15) is 57.3 Å². The Morgan fingerprint density at radius 3 is 2.50 bits per heavy atom. The summed E-state index contributed by atoms with van der Waals surface area (Å²) in [5.74, 6) is -1.46. The van der Waals surface area contributed by atoms with Gasteiger partial charge in [-0.15, -0.1) is 0 Å². The van der Waals surface area contributed by atoms with Crippen LogP contribution in [0.5, 0.6) is 0 Å². The van der Waals surface area contributed by atoms with Crippen LogP contribution in [0.15, 0.2) is 42.5 Å². The zero-order chi connectivity index (χ0) is 18.7. The Hall–Kier alpha value is -2.66. The van der Waals surface area contributed by atoms with Crippen molar-refractivity contribution in [3.05, 3.63) is 64.2 Å². The average Bonchev–Trinajstić information content (AvgIpc) is 2.89. The molecule has 0 saturated carbocycles. The lowest BCUT2D eigenvalue weighted by Gasteiger charge is -2.15. The molecule has 0 spiro atoms. The molecule has 0 bridgehead atoms. The van der Waals surface area contributed by atoms with Crippen molar-refractivity contribution in [1.29, 1.82) is 0 Å². The van der Waals surface area contributed by atoms with Gasteiger partial charge in [0.25, 0.3) is 11.8 Å². The van der Waals surface area contributed by atoms with Gasteiger partial charge in [0, 0.05) is 0 Å². The summed E-state index contributed by atoms with van der Waals surface area (Å²) < 4.78 is 5.21. The summed E-state index contributed by atoms with van der Waals surface area (Å²) in [4.78, 5) is 38.5. The molecule has 1 aliphatic rings. The number of amides is 2. The second-order valence-electron chi connectivity index (χ2n) is 6.00. The van der Waals surface area contributed by atoms with Crippen LogP contribution in [0.3, 0.4) is 0 Å². The lowest BCUT2D eigenvalue weighted by molar-refractivity contribution is 0.0498. The number of unbranched alkanes of at least 4 members (excludes halogenated alkanes) is 2. The topological polar surface area (TPSA) is 63.7 Å². The fraction of sp³-hybridized carbons (Fsp3) is 0.250. The summed E-state index contributed by atoms with van der Waals surface area (Å²) >= 11 is 6.12. The summed E-state index contributed by atoms with van der Waals surface area (Å²) in [5, 5.41) is 0.303. The molecule has 2 amide bonds. The van der Waals surface area contributed by atoms with Crippen LogP contribution in [0.25, 0.3) is 0 Å². The number of carbonyl (C=O) groups is 3. The van der Waals surface area contributed by atoms with E-state index >= 15 is 0 Å². The molecule has 1 aliphatic heterocycles. The number of para-hydroxylation sites is 1. The molecule has 5 nitrogen and oxygen atoms in total. The van der Waals surface area contributed by atoms with Gasteiger partial charge in [0.15, 0.2) is 0 Å². The first-order valence-electron chi connectivity index (χ1n) is 8.49. The van der Waals surface area contributed by atoms with Gasteiger partial charge in [-0.3, -0.25) is 9.59 Å². The van der Waals surface area contributed by atoms with Gasteiger partial charge < -0.3 is 4.74 Å². The van der Waals surface area contributed by atoms with Gasteiger partial charge in [-0.25, -0.2) is 9.69 Å². The first-order chi connectivity index (χ1) is 12.5. The van der Waals surface area contributed by atoms with Gasteiger partial charge in [-0.05, 0) is 36.8 Å². The summed E-state index contributed by atoms with van der Waals surface area (Å²) in [6.07, 6.45) is 2.81. The second kappa shape index (κ2) is 7.70. The fourth-order valence-electron chi connectivity index (χ4n) is 2.82. The predicted molar refractivity (Wildman–Crippen MR) is 98.8 cm³/mol. The third kappa shape index (κ3) is 3.35. The van der Waals surface area contributed by atoms with Crippen LogP contribution >= 0.6 is 11.6 Å². The van der Waals surface area contributed by atoms with Crippen molar-refractivity contribution < 1.29 is 19.1 Å². The highest BCUT2D eigenvalue weighted by Crippen LogP contribution is 2.33. The highest BCUT2D eigenvalue weighted by molar-refractivity contribution is 6.39. The van der Waals surface area contributed by atoms with E-state index < -0.39 is 17.8 Å². The number of imide groups is 1. The first-order valence-corrected chi connectivity index (χ1v) is 8.87. The molecule has 2 aromatic rings. The van der Waals surface area contributed by atoms with E-state index in [9.17, 15) is 14.4 Å². The Balaban J connectivity index is 1.84. The molecule has 134 valence electrons. The number of benzene rings is 2. The number of nitrogens with zero attached hydrogens (tertiary/aromatic N) is 1. The highest BCUT2D eigenvalue weighted by atomic mass is 35.5. The highest BCUT2D eigenvalue weighted by Gasteiger charge is 2.38. The van der Waals surface area contributed by atoms with Crippen LogP contribution in [0.4, 0.5) is 5.69 Å². The standard InChI is InChI=1S/C20H18ClNO4/c1-2-3-6-11-26-20(25)13-9-10-14-15(12-13)19(24)22(18(14)23)17-8-5-4-7-16(17)21/h4-5,7-10,12H,2-3,6,11H2,1H3. The minimum absolute atomic E-state index is 0.179. The van der Waals surface area contributed by atoms with Crippen LogP contribution in [-0.2, 0) is 4.74 Å². The van der Waals surface area contributed by atoms with Gasteiger partial charge in [-0.2, -0.15) is 0 Å². The van der Waals surface area contributed by atoms with E-state index in [2.05, 4.69) is 6.92 Å². The summed E-state index contributed by atoms with van der Waals surface area (Å²) in [5.41, 5.74) is 1.00. The van der Waals surface area contributed by atoms with Crippen LogP contribution < -0.4 is 4.90 Å². The van der Waals surface area contributed by atoms with E-state index in [1.807, 2.05) is 0 Å². The van der Waals surface area contributed by atoms with E-state index in [0.717, 1.165) is 24.2 Å². The lowest BCUT2D eigenvalue weighted by atomic mass is 10.1. The Kier molecular flexibility index (Phi) is 5.38. The molecule has 1 heterocycles. The van der Waals surface area contributed by atoms with Gasteiger partial charge >= 0.3 is 5.97 Å². The third-order valence-electron chi connectivity index (χ3n) is 4.20. The van der Waals surface area contributed by atoms with Crippen molar-refractivity contribution in [2.45, 2.75) is 26.2 Å². The zero-order valence-corrected chi connectivity index (χ0v) is 15.1. The number of rotatable bonds is 6. The van der Waals surface area contributed by atoms with Gasteiger partial charge in [0.2, 0.25) is 0 Å². The molecule has 0 atom stereocenters. The Bertz CT molecular complexity index is 878. The second-order valence-corrected chi connectivity index (χ2v) is 6.41. The molecule has 0 radical (unpaired) electrons. The van der Waals surface area contributed by atoms with E-state index in [-0.39, 0.29) is 16.7 Å². The van der Waals surface area contributed by atoms with Crippen LogP contribution in [0.2, 0.25) is 5.02 Å². The van der Waals surface area contributed by atoms with Crippen molar-refractivity contribution in [2.75, 3.05) is 11.5 Å². The van der Waals surface area contributed by atoms with Gasteiger partial charge in [0.1, 0.15) is 0 Å². The average molecular weight is 372 g/mol. The number of fused-ring (bicyclic) bond motifs is 1. The predicted octanol–water partition coefficient (Wildman–Crippen LogP) is 4.49. The number of halogens is 1. The molecule has 0 saturated heterocycles. The van der Waals surface area contributed by atoms with Crippen LogP contribution in [-0.4, -0.2) is 24.4 Å². The Morgan fingerprint density at radius 2 is 1.77 bits per heavy atom. The molecule has 0 unspecified atom stereocenters. The number of anilines is 1. The molecule has 0 aliphatic carbocycles. The van der Waals surface area contributed by atoms with Crippen molar-refractivity contribution in [3.8, 4) is 0 Å². The zero-order valence-electron chi connectivity index (χ0n) is 14.3. The maximum absolute atomic E-state index is 12.7. The quantitative estimate of drug-likeness (QED) is 0.426. The molecule has 26 heavy (non-hydrogen) atoms. The summed E-state index contributed by atoms with van der Waals surface area (Å²) in [7, 11) is 0. The number of hydrogen-bond acceptors (Lipinski definition) is 4. The normalized spacial score (nSPS) is 13.1. The number of esters is 1. The van der Waals surface area contributed by atoms with Crippen molar-refractivity contribution >= 4 is 35.1 Å². The van der Waals surface area contributed by atoms with E-state index in [4.69, 9.17) is 16.3 Å². The largest absolute Gasteiger partial charge is 0.462 e. The van der Waals surface area contributed by atoms with Gasteiger partial charge in [0.05, 0.1) is 34.0 Å². The Labute approximate surface area is 156 Å². The molecule has 2 aromatic carbocycles. The number of hydrogen-bond donors (Lipinski definition) is 0. The van der Waals surface area contributed by atoms with Crippen molar-refractivity contribution in [2.24, 2.45) is 0 Å². The minimum Gasteiger partial charge on any atom is -0.462 e. The SMILES string of the molecule is CCCCCOC(=O)c1ccc2c(c1)C(=O)N(c1ccccc1Cl)C2=O. The van der Waals surface area contributed by atoms with E-state index in [1.165, 1.54) is 18.2 Å². The molecule has 0 fully saturated rings.